The maximum absolute atomic E-state index is 12.0. The number of benzene rings is 2. The molecular formula is C22H21N5O2. The number of anilines is 2. The molecule has 7 nitrogen and oxygen atoms in total. The van der Waals surface area contributed by atoms with Crippen LogP contribution in [-0.2, 0) is 0 Å². The minimum Gasteiger partial charge on any atom is -0.497 e. The molecule has 0 aliphatic rings. The summed E-state index contributed by atoms with van der Waals surface area (Å²) in [4.78, 5) is 18.2. The minimum atomic E-state index is -0.0356. The van der Waals surface area contributed by atoms with Crippen molar-refractivity contribution in [1.82, 2.24) is 19.5 Å². The van der Waals surface area contributed by atoms with Gasteiger partial charge in [-0.3, -0.25) is 4.79 Å². The van der Waals surface area contributed by atoms with E-state index < -0.39 is 0 Å². The molecule has 0 saturated carbocycles. The van der Waals surface area contributed by atoms with Gasteiger partial charge in [-0.1, -0.05) is 12.1 Å². The fourth-order valence-electron chi connectivity index (χ4n) is 3.04. The Morgan fingerprint density at radius 3 is 2.41 bits per heavy atom. The zero-order chi connectivity index (χ0) is 20.4. The molecule has 1 amide bonds. The summed E-state index contributed by atoms with van der Waals surface area (Å²) < 4.78 is 6.97. The summed E-state index contributed by atoms with van der Waals surface area (Å²) >= 11 is 0. The summed E-state index contributed by atoms with van der Waals surface area (Å²) in [6, 6.07) is 19.0. The second-order valence-corrected chi connectivity index (χ2v) is 6.76. The summed E-state index contributed by atoms with van der Waals surface area (Å²) in [6.45, 7) is 0. The third kappa shape index (κ3) is 3.75. The number of ether oxygens (including phenoxy) is 1. The van der Waals surface area contributed by atoms with Crippen molar-refractivity contribution in [1.29, 1.82) is 0 Å². The van der Waals surface area contributed by atoms with Gasteiger partial charge in [0.1, 0.15) is 5.75 Å². The summed E-state index contributed by atoms with van der Waals surface area (Å²) in [5.74, 6) is 1.25. The highest BCUT2D eigenvalue weighted by Crippen LogP contribution is 2.26. The van der Waals surface area contributed by atoms with Crippen molar-refractivity contribution in [2.24, 2.45) is 0 Å². The van der Waals surface area contributed by atoms with E-state index >= 15 is 0 Å². The number of fused-ring (bicyclic) bond motifs is 1. The van der Waals surface area contributed by atoms with Gasteiger partial charge in [0.15, 0.2) is 5.65 Å². The molecule has 0 radical (unpaired) electrons. The number of rotatable bonds is 5. The Balaban J connectivity index is 1.61. The molecule has 1 N–H and O–H groups in total. The molecule has 29 heavy (non-hydrogen) atoms. The number of carbonyl (C=O) groups excluding carboxylic acids is 1. The van der Waals surface area contributed by atoms with Gasteiger partial charge in [0.05, 0.1) is 7.11 Å². The third-order valence-electron chi connectivity index (χ3n) is 4.56. The molecule has 0 aliphatic carbocycles. The van der Waals surface area contributed by atoms with Crippen LogP contribution in [0.3, 0.4) is 0 Å². The molecule has 0 atom stereocenters. The number of aromatic nitrogens is 3. The smallest absolute Gasteiger partial charge is 0.253 e. The first-order valence-electron chi connectivity index (χ1n) is 9.14. The molecule has 0 aliphatic heterocycles. The highest BCUT2D eigenvalue weighted by atomic mass is 16.5. The van der Waals surface area contributed by atoms with E-state index in [9.17, 15) is 4.79 Å². The Kier molecular flexibility index (Phi) is 4.87. The average molecular weight is 387 g/mol. The first kappa shape index (κ1) is 18.5. The van der Waals surface area contributed by atoms with Crippen LogP contribution in [0.25, 0.3) is 16.8 Å². The fraction of sp³-hybridized carbons (Fsp3) is 0.136. The van der Waals surface area contributed by atoms with Crippen LogP contribution in [0.4, 0.5) is 11.6 Å². The maximum atomic E-state index is 12.0. The SMILES string of the molecule is COc1ccc(-c2cccn3nc(Nc4ccc(C(=O)N(C)C)cc4)nc23)cc1. The van der Waals surface area contributed by atoms with Crippen molar-refractivity contribution in [2.45, 2.75) is 0 Å². The lowest BCUT2D eigenvalue weighted by Crippen LogP contribution is -2.21. The lowest BCUT2D eigenvalue weighted by molar-refractivity contribution is 0.0827. The van der Waals surface area contributed by atoms with Crippen LogP contribution in [0.5, 0.6) is 5.75 Å². The van der Waals surface area contributed by atoms with Crippen LogP contribution in [0, 0.1) is 0 Å². The monoisotopic (exact) mass is 387 g/mol. The molecule has 4 rings (SSSR count). The number of methoxy groups -OCH3 is 1. The predicted molar refractivity (Wildman–Crippen MR) is 113 cm³/mol. The summed E-state index contributed by atoms with van der Waals surface area (Å²) in [7, 11) is 5.11. The molecule has 0 unspecified atom stereocenters. The van der Waals surface area contributed by atoms with Gasteiger partial charge in [-0.15, -0.1) is 5.10 Å². The van der Waals surface area contributed by atoms with Crippen LogP contribution in [0.1, 0.15) is 10.4 Å². The Morgan fingerprint density at radius 2 is 1.76 bits per heavy atom. The molecule has 7 heteroatoms. The normalized spacial score (nSPS) is 10.7. The van der Waals surface area contributed by atoms with E-state index in [2.05, 4.69) is 15.4 Å². The molecule has 0 bridgehead atoms. The number of hydrogen-bond donors (Lipinski definition) is 1. The lowest BCUT2D eigenvalue weighted by Gasteiger charge is -2.10. The number of nitrogens with zero attached hydrogens (tertiary/aromatic N) is 4. The number of amides is 1. The van der Waals surface area contributed by atoms with Crippen LogP contribution < -0.4 is 10.1 Å². The van der Waals surface area contributed by atoms with Crippen LogP contribution in [-0.4, -0.2) is 46.6 Å². The van der Waals surface area contributed by atoms with E-state index in [4.69, 9.17) is 4.74 Å². The molecule has 146 valence electrons. The van der Waals surface area contributed by atoms with E-state index in [1.807, 2.05) is 54.7 Å². The molecule has 4 aromatic rings. The highest BCUT2D eigenvalue weighted by Gasteiger charge is 2.11. The van der Waals surface area contributed by atoms with Crippen LogP contribution in [0.15, 0.2) is 66.9 Å². The Hall–Kier alpha value is -3.87. The molecular weight excluding hydrogens is 366 g/mol. The van der Waals surface area contributed by atoms with Crippen molar-refractivity contribution in [2.75, 3.05) is 26.5 Å². The van der Waals surface area contributed by atoms with Gasteiger partial charge in [-0.05, 0) is 54.1 Å². The van der Waals surface area contributed by atoms with Crippen molar-refractivity contribution in [3.63, 3.8) is 0 Å². The molecule has 0 saturated heterocycles. The van der Waals surface area contributed by atoms with Gasteiger partial charge in [0.2, 0.25) is 5.95 Å². The number of pyridine rings is 1. The van der Waals surface area contributed by atoms with Crippen molar-refractivity contribution >= 4 is 23.2 Å². The zero-order valence-corrected chi connectivity index (χ0v) is 16.5. The van der Waals surface area contributed by atoms with Crippen molar-refractivity contribution < 1.29 is 9.53 Å². The topological polar surface area (TPSA) is 71.8 Å². The summed E-state index contributed by atoms with van der Waals surface area (Å²) in [5, 5.41) is 7.71. The minimum absolute atomic E-state index is 0.0356. The number of carbonyl (C=O) groups is 1. The largest absolute Gasteiger partial charge is 0.497 e. The highest BCUT2D eigenvalue weighted by molar-refractivity contribution is 5.94. The molecule has 2 aromatic heterocycles. The van der Waals surface area contributed by atoms with Crippen LogP contribution >= 0.6 is 0 Å². The van der Waals surface area contributed by atoms with Gasteiger partial charge in [-0.2, -0.15) is 4.98 Å². The van der Waals surface area contributed by atoms with Crippen molar-refractivity contribution in [3.8, 4) is 16.9 Å². The molecule has 0 spiro atoms. The van der Waals surface area contributed by atoms with Gasteiger partial charge in [0.25, 0.3) is 5.91 Å². The van der Waals surface area contributed by atoms with Crippen LogP contribution in [0.2, 0.25) is 0 Å². The standard InChI is InChI=1S/C22H21N5O2/c1-26(2)21(28)16-6-10-17(11-7-16)23-22-24-20-19(5-4-14-27(20)25-22)15-8-12-18(29-3)13-9-15/h4-14H,1-3H3,(H,23,25). The number of nitrogens with one attached hydrogen (secondary N) is 1. The van der Waals surface area contributed by atoms with E-state index in [0.29, 0.717) is 11.5 Å². The molecule has 0 fully saturated rings. The number of hydrogen-bond acceptors (Lipinski definition) is 5. The van der Waals surface area contributed by atoms with E-state index in [1.54, 1.807) is 42.8 Å². The van der Waals surface area contributed by atoms with Gasteiger partial charge in [-0.25, -0.2) is 4.52 Å². The zero-order valence-electron chi connectivity index (χ0n) is 16.5. The van der Waals surface area contributed by atoms with E-state index in [1.165, 1.54) is 0 Å². The second kappa shape index (κ2) is 7.63. The average Bonchev–Trinajstić information content (AvgIpc) is 3.16. The predicted octanol–water partition coefficient (Wildman–Crippen LogP) is 3.85. The first-order chi connectivity index (χ1) is 14.0. The quantitative estimate of drug-likeness (QED) is 0.563. The molecule has 2 aromatic carbocycles. The Labute approximate surface area is 168 Å². The maximum Gasteiger partial charge on any atom is 0.253 e. The lowest BCUT2D eigenvalue weighted by atomic mass is 10.1. The fourth-order valence-corrected chi connectivity index (χ4v) is 3.04. The second-order valence-electron chi connectivity index (χ2n) is 6.76. The Morgan fingerprint density at radius 1 is 1.03 bits per heavy atom. The third-order valence-corrected chi connectivity index (χ3v) is 4.56. The van der Waals surface area contributed by atoms with Gasteiger partial charge in [0, 0.05) is 37.1 Å². The van der Waals surface area contributed by atoms with E-state index in [0.717, 1.165) is 28.2 Å². The Bertz CT molecular complexity index is 1150. The molecule has 2 heterocycles. The van der Waals surface area contributed by atoms with Gasteiger partial charge >= 0.3 is 0 Å². The first-order valence-corrected chi connectivity index (χ1v) is 9.14. The van der Waals surface area contributed by atoms with Gasteiger partial charge < -0.3 is 15.0 Å². The van der Waals surface area contributed by atoms with E-state index in [-0.39, 0.29) is 5.91 Å². The summed E-state index contributed by atoms with van der Waals surface area (Å²) in [5.41, 5.74) is 4.19. The summed E-state index contributed by atoms with van der Waals surface area (Å²) in [6.07, 6.45) is 1.86. The van der Waals surface area contributed by atoms with Crippen molar-refractivity contribution in [3.05, 3.63) is 72.4 Å².